The van der Waals surface area contributed by atoms with Crippen molar-refractivity contribution in [3.8, 4) is 23.6 Å². The van der Waals surface area contributed by atoms with Crippen LogP contribution in [0, 0.1) is 29.6 Å². The second-order valence-electron chi connectivity index (χ2n) is 5.78. The summed E-state index contributed by atoms with van der Waals surface area (Å²) in [6.07, 6.45) is 1.44. The number of carbonyl (C=O) groups excluding carboxylic acids is 1. The fourth-order valence-corrected chi connectivity index (χ4v) is 2.98. The number of benzene rings is 2. The number of nitriles is 2. The van der Waals surface area contributed by atoms with E-state index >= 15 is 0 Å². The van der Waals surface area contributed by atoms with Crippen LogP contribution in [0.25, 0.3) is 6.08 Å². The van der Waals surface area contributed by atoms with Crippen LogP contribution in [0.5, 0.6) is 11.5 Å². The number of rotatable bonds is 7. The molecule has 0 atom stereocenters. The van der Waals surface area contributed by atoms with Gasteiger partial charge in [0.05, 0.1) is 6.61 Å². The number of hydrogen-bond acceptors (Lipinski definition) is 5. The Labute approximate surface area is 182 Å². The van der Waals surface area contributed by atoms with Crippen LogP contribution in [-0.2, 0) is 4.79 Å². The fraction of sp³-hybridized carbons (Fsp3) is 0.190. The number of carbonyl (C=O) groups is 1. The average molecular weight is 475 g/mol. The second kappa shape index (κ2) is 10.5. The summed E-state index contributed by atoms with van der Waals surface area (Å²) in [5, 5.41) is 21.4. The normalized spacial score (nSPS) is 10.6. The molecule has 2 rings (SSSR count). The molecule has 0 saturated carbocycles. The van der Waals surface area contributed by atoms with Crippen LogP contribution in [0.1, 0.15) is 18.1 Å². The van der Waals surface area contributed by atoms with Gasteiger partial charge in [-0.3, -0.25) is 4.79 Å². The Morgan fingerprint density at radius 1 is 1.24 bits per heavy atom. The van der Waals surface area contributed by atoms with Gasteiger partial charge in [0.25, 0.3) is 5.91 Å². The number of hydrogen-bond donors (Lipinski definition) is 1. The van der Waals surface area contributed by atoms with Crippen LogP contribution < -0.4 is 14.8 Å². The Hall–Kier alpha value is -3.00. The van der Waals surface area contributed by atoms with E-state index < -0.39 is 5.91 Å². The van der Waals surface area contributed by atoms with Crippen molar-refractivity contribution in [1.82, 2.24) is 0 Å². The highest BCUT2D eigenvalue weighted by atomic mass is 79.9. The van der Waals surface area contributed by atoms with Gasteiger partial charge in [0.15, 0.2) is 18.1 Å². The van der Waals surface area contributed by atoms with Crippen molar-refractivity contribution < 1.29 is 14.3 Å². The Balaban J connectivity index is 2.37. The zero-order valence-corrected chi connectivity index (χ0v) is 18.1. The van der Waals surface area contributed by atoms with Crippen molar-refractivity contribution in [2.24, 2.45) is 0 Å². The van der Waals surface area contributed by atoms with Crippen molar-refractivity contribution in [2.75, 3.05) is 18.5 Å². The molecule has 0 heterocycles. The number of nitrogens with zero attached hydrogens (tertiary/aromatic N) is 2. The van der Waals surface area contributed by atoms with Gasteiger partial charge >= 0.3 is 0 Å². The lowest BCUT2D eigenvalue weighted by Gasteiger charge is -2.13. The highest BCUT2D eigenvalue weighted by Crippen LogP contribution is 2.35. The summed E-state index contributed by atoms with van der Waals surface area (Å²) >= 11 is 9.38. The first-order chi connectivity index (χ1) is 13.9. The first-order valence-electron chi connectivity index (χ1n) is 8.55. The van der Waals surface area contributed by atoms with E-state index in [4.69, 9.17) is 26.3 Å². The van der Waals surface area contributed by atoms with Crippen molar-refractivity contribution in [3.05, 3.63) is 56.5 Å². The molecule has 0 aliphatic carbocycles. The number of nitrogens with one attached hydrogen (secondary N) is 1. The molecule has 0 aliphatic rings. The monoisotopic (exact) mass is 473 g/mol. The number of halogens is 2. The molecular formula is C21H17BrClN3O3. The summed E-state index contributed by atoms with van der Waals surface area (Å²) in [5.41, 5.74) is 1.79. The van der Waals surface area contributed by atoms with Crippen LogP contribution in [0.15, 0.2) is 40.4 Å². The molecule has 1 N–H and O–H groups in total. The minimum Gasteiger partial charge on any atom is -0.490 e. The lowest BCUT2D eigenvalue weighted by Crippen LogP contribution is -2.14. The smallest absolute Gasteiger partial charge is 0.266 e. The van der Waals surface area contributed by atoms with E-state index in [1.165, 1.54) is 6.08 Å². The average Bonchev–Trinajstić information content (AvgIpc) is 2.69. The summed E-state index contributed by atoms with van der Waals surface area (Å²) in [6, 6.07) is 12.2. The molecule has 2 aromatic carbocycles. The van der Waals surface area contributed by atoms with E-state index in [0.717, 1.165) is 5.56 Å². The number of amides is 1. The van der Waals surface area contributed by atoms with E-state index in [1.807, 2.05) is 26.0 Å². The molecule has 1 amide bonds. The van der Waals surface area contributed by atoms with Crippen LogP contribution in [0.3, 0.4) is 0 Å². The molecule has 0 unspecified atom stereocenters. The topological polar surface area (TPSA) is 95.1 Å². The van der Waals surface area contributed by atoms with Gasteiger partial charge in [-0.2, -0.15) is 10.5 Å². The van der Waals surface area contributed by atoms with Gasteiger partial charge in [0.2, 0.25) is 0 Å². The first kappa shape index (κ1) is 22.3. The second-order valence-corrected chi connectivity index (χ2v) is 7.07. The number of aryl methyl sites for hydroxylation is 1. The summed E-state index contributed by atoms with van der Waals surface area (Å²) in [7, 11) is 0. The SMILES string of the molecule is CCOc1cc(/C=C(\C#N)C(=O)Nc2cc(Cl)ccc2C)c(Br)cc1OCC#N. The van der Waals surface area contributed by atoms with Crippen LogP contribution in [-0.4, -0.2) is 19.1 Å². The van der Waals surface area contributed by atoms with Gasteiger partial charge < -0.3 is 14.8 Å². The van der Waals surface area contributed by atoms with Gasteiger partial charge in [0.1, 0.15) is 17.7 Å². The van der Waals surface area contributed by atoms with Crippen molar-refractivity contribution >= 4 is 45.2 Å². The van der Waals surface area contributed by atoms with Gasteiger partial charge in [-0.1, -0.05) is 33.6 Å². The molecule has 0 aromatic heterocycles. The molecule has 148 valence electrons. The van der Waals surface area contributed by atoms with E-state index in [2.05, 4.69) is 21.2 Å². The standard InChI is InChI=1S/C21H17BrClN3O3/c1-3-28-19-9-14(17(22)11-20(19)29-7-6-24)8-15(12-25)21(27)26-18-10-16(23)5-4-13(18)2/h4-5,8-11H,3,7H2,1-2H3,(H,26,27)/b15-8+. The van der Waals surface area contributed by atoms with Crippen LogP contribution in [0.2, 0.25) is 5.02 Å². The molecule has 0 radical (unpaired) electrons. The van der Waals surface area contributed by atoms with Gasteiger partial charge in [-0.05, 0) is 55.3 Å². The van der Waals surface area contributed by atoms with Gasteiger partial charge in [-0.25, -0.2) is 0 Å². The third kappa shape index (κ3) is 5.99. The molecular weight excluding hydrogens is 458 g/mol. The third-order valence-electron chi connectivity index (χ3n) is 3.77. The fourth-order valence-electron chi connectivity index (χ4n) is 2.38. The highest BCUT2D eigenvalue weighted by Gasteiger charge is 2.15. The zero-order valence-electron chi connectivity index (χ0n) is 15.8. The summed E-state index contributed by atoms with van der Waals surface area (Å²) in [6.45, 7) is 3.89. The molecule has 6 nitrogen and oxygen atoms in total. The number of anilines is 1. The molecule has 0 spiro atoms. The zero-order chi connectivity index (χ0) is 21.4. The number of ether oxygens (including phenoxy) is 2. The van der Waals surface area contributed by atoms with E-state index in [0.29, 0.717) is 38.9 Å². The molecule has 0 fully saturated rings. The van der Waals surface area contributed by atoms with Crippen LogP contribution >= 0.6 is 27.5 Å². The van der Waals surface area contributed by atoms with E-state index in [1.54, 1.807) is 30.3 Å². The summed E-state index contributed by atoms with van der Waals surface area (Å²) < 4.78 is 11.5. The van der Waals surface area contributed by atoms with Crippen molar-refractivity contribution in [3.63, 3.8) is 0 Å². The quantitative estimate of drug-likeness (QED) is 0.436. The van der Waals surface area contributed by atoms with Gasteiger partial charge in [-0.15, -0.1) is 0 Å². The molecule has 0 bridgehead atoms. The van der Waals surface area contributed by atoms with E-state index in [-0.39, 0.29) is 12.2 Å². The lowest BCUT2D eigenvalue weighted by atomic mass is 10.1. The van der Waals surface area contributed by atoms with E-state index in [9.17, 15) is 10.1 Å². The molecule has 0 aliphatic heterocycles. The first-order valence-corrected chi connectivity index (χ1v) is 9.72. The summed E-state index contributed by atoms with van der Waals surface area (Å²) in [5.74, 6) is 0.225. The largest absolute Gasteiger partial charge is 0.490 e. The van der Waals surface area contributed by atoms with Crippen LogP contribution in [0.4, 0.5) is 5.69 Å². The Morgan fingerprint density at radius 2 is 1.97 bits per heavy atom. The Morgan fingerprint density at radius 3 is 2.62 bits per heavy atom. The Bertz CT molecular complexity index is 1040. The van der Waals surface area contributed by atoms with Crippen molar-refractivity contribution in [2.45, 2.75) is 13.8 Å². The maximum atomic E-state index is 12.6. The molecule has 29 heavy (non-hydrogen) atoms. The highest BCUT2D eigenvalue weighted by molar-refractivity contribution is 9.10. The minimum atomic E-state index is -0.562. The predicted octanol–water partition coefficient (Wildman–Crippen LogP) is 5.26. The third-order valence-corrected chi connectivity index (χ3v) is 4.69. The predicted molar refractivity (Wildman–Crippen MR) is 115 cm³/mol. The maximum Gasteiger partial charge on any atom is 0.266 e. The van der Waals surface area contributed by atoms with Gasteiger partial charge in [0, 0.05) is 15.2 Å². The molecule has 0 saturated heterocycles. The minimum absolute atomic E-state index is 0.0989. The molecule has 8 heteroatoms. The Kier molecular flexibility index (Phi) is 8.09. The van der Waals surface area contributed by atoms with Crippen molar-refractivity contribution in [1.29, 1.82) is 10.5 Å². The molecule has 2 aromatic rings. The maximum absolute atomic E-state index is 12.6. The lowest BCUT2D eigenvalue weighted by molar-refractivity contribution is -0.112. The summed E-state index contributed by atoms with van der Waals surface area (Å²) in [4.78, 5) is 12.6.